The van der Waals surface area contributed by atoms with Crippen molar-refractivity contribution in [2.75, 3.05) is 44.7 Å². The van der Waals surface area contributed by atoms with Crippen LogP contribution in [0.25, 0.3) is 10.9 Å². The number of nitrogens with one attached hydrogen (secondary N) is 2. The van der Waals surface area contributed by atoms with Gasteiger partial charge in [0.1, 0.15) is 11.5 Å². The molecule has 8 nitrogen and oxygen atoms in total. The molecule has 0 aliphatic carbocycles. The highest BCUT2D eigenvalue weighted by Crippen LogP contribution is 2.29. The Bertz CT molecular complexity index is 1420. The van der Waals surface area contributed by atoms with Crippen LogP contribution < -0.4 is 14.8 Å². The third-order valence-electron chi connectivity index (χ3n) is 6.18. The molecule has 37 heavy (non-hydrogen) atoms. The van der Waals surface area contributed by atoms with E-state index in [0.29, 0.717) is 12.1 Å². The number of rotatable bonds is 10. The first-order valence-corrected chi connectivity index (χ1v) is 13.8. The summed E-state index contributed by atoms with van der Waals surface area (Å²) >= 11 is 0. The average molecular weight is 519 g/mol. The molecule has 4 aromatic rings. The monoisotopic (exact) mass is 518 g/mol. The van der Waals surface area contributed by atoms with Crippen molar-refractivity contribution in [3.05, 3.63) is 85.1 Å². The van der Waals surface area contributed by atoms with Crippen LogP contribution in [0.5, 0.6) is 11.5 Å². The minimum atomic E-state index is -3.64. The predicted octanol–water partition coefficient (Wildman–Crippen LogP) is 4.77. The van der Waals surface area contributed by atoms with Gasteiger partial charge in [0.25, 0.3) is 0 Å². The van der Waals surface area contributed by atoms with Gasteiger partial charge >= 0.3 is 0 Å². The molecule has 5 rings (SSSR count). The van der Waals surface area contributed by atoms with Gasteiger partial charge < -0.3 is 14.8 Å². The Morgan fingerprint density at radius 1 is 0.919 bits per heavy atom. The molecule has 0 saturated carbocycles. The first kappa shape index (κ1) is 25.2. The number of benzene rings is 3. The van der Waals surface area contributed by atoms with Crippen molar-refractivity contribution in [3.63, 3.8) is 0 Å². The summed E-state index contributed by atoms with van der Waals surface area (Å²) in [5.41, 5.74) is 2.33. The summed E-state index contributed by atoms with van der Waals surface area (Å²) in [6.07, 6.45) is 2.45. The first-order valence-electron chi connectivity index (χ1n) is 12.4. The molecule has 3 aromatic carbocycles. The Morgan fingerprint density at radius 3 is 2.46 bits per heavy atom. The molecule has 0 atom stereocenters. The van der Waals surface area contributed by atoms with Crippen LogP contribution in [0, 0.1) is 0 Å². The van der Waals surface area contributed by atoms with Gasteiger partial charge in [-0.3, -0.25) is 9.88 Å². The first-order chi connectivity index (χ1) is 18.1. The molecule has 2 N–H and O–H groups in total. The number of aromatic nitrogens is 1. The molecular formula is C28H30N4O4S. The summed E-state index contributed by atoms with van der Waals surface area (Å²) in [6.45, 7) is 4.48. The van der Waals surface area contributed by atoms with Gasteiger partial charge in [-0.25, -0.2) is 13.1 Å². The minimum absolute atomic E-state index is 0.217. The van der Waals surface area contributed by atoms with Crippen molar-refractivity contribution in [3.8, 4) is 11.5 Å². The quantitative estimate of drug-likeness (QED) is 0.292. The number of pyridine rings is 1. The van der Waals surface area contributed by atoms with Gasteiger partial charge in [0.2, 0.25) is 10.0 Å². The van der Waals surface area contributed by atoms with Gasteiger partial charge in [0.05, 0.1) is 23.6 Å². The van der Waals surface area contributed by atoms with Crippen LogP contribution in [0.2, 0.25) is 0 Å². The molecule has 9 heteroatoms. The molecule has 0 spiro atoms. The molecule has 1 aliphatic heterocycles. The second-order valence-electron chi connectivity index (χ2n) is 8.81. The zero-order valence-electron chi connectivity index (χ0n) is 20.5. The highest BCUT2D eigenvalue weighted by atomic mass is 32.2. The van der Waals surface area contributed by atoms with Crippen LogP contribution in [0.3, 0.4) is 0 Å². The van der Waals surface area contributed by atoms with E-state index in [9.17, 15) is 8.42 Å². The van der Waals surface area contributed by atoms with Crippen molar-refractivity contribution in [2.45, 2.75) is 11.3 Å². The van der Waals surface area contributed by atoms with Crippen LogP contribution in [-0.4, -0.2) is 57.7 Å². The third kappa shape index (κ3) is 6.64. The standard InChI is InChI=1S/C28H30N4O4S/c33-37(34,30-14-4-16-32-17-19-35-20-18-32)25-11-12-27-26(21-25)28(13-15-29-27)31-22-7-9-24(10-8-22)36-23-5-2-1-3-6-23/h1-3,5-13,15,21,30H,4,14,16-20H2,(H,29,31). The number of morpholine rings is 1. The maximum absolute atomic E-state index is 13.0. The average Bonchev–Trinajstić information content (AvgIpc) is 2.93. The molecule has 0 amide bonds. The van der Waals surface area contributed by atoms with Crippen molar-refractivity contribution >= 4 is 32.3 Å². The van der Waals surface area contributed by atoms with Crippen molar-refractivity contribution in [1.29, 1.82) is 0 Å². The normalized spacial score (nSPS) is 14.5. The molecule has 1 aromatic heterocycles. The highest BCUT2D eigenvalue weighted by molar-refractivity contribution is 7.89. The van der Waals surface area contributed by atoms with Crippen molar-refractivity contribution in [2.24, 2.45) is 0 Å². The number of nitrogens with zero attached hydrogens (tertiary/aromatic N) is 2. The van der Waals surface area contributed by atoms with Gasteiger partial charge in [-0.15, -0.1) is 0 Å². The van der Waals surface area contributed by atoms with Crippen LogP contribution in [0.1, 0.15) is 6.42 Å². The van der Waals surface area contributed by atoms with Gasteiger partial charge in [-0.2, -0.15) is 0 Å². The Kier molecular flexibility index (Phi) is 7.96. The lowest BCUT2D eigenvalue weighted by Crippen LogP contribution is -2.38. The van der Waals surface area contributed by atoms with Crippen LogP contribution in [0.4, 0.5) is 11.4 Å². The molecule has 1 aliphatic rings. The van der Waals surface area contributed by atoms with E-state index in [2.05, 4.69) is 19.9 Å². The van der Waals surface area contributed by atoms with Gasteiger partial charge in [0.15, 0.2) is 0 Å². The smallest absolute Gasteiger partial charge is 0.240 e. The molecular weight excluding hydrogens is 488 g/mol. The number of hydrogen-bond acceptors (Lipinski definition) is 7. The van der Waals surface area contributed by atoms with Gasteiger partial charge in [0, 0.05) is 42.6 Å². The van der Waals surface area contributed by atoms with Crippen LogP contribution in [0.15, 0.2) is 90.0 Å². The Morgan fingerprint density at radius 2 is 1.68 bits per heavy atom. The second kappa shape index (κ2) is 11.7. The summed E-state index contributed by atoms with van der Waals surface area (Å²) in [7, 11) is -3.64. The van der Waals surface area contributed by atoms with E-state index < -0.39 is 10.0 Å². The van der Waals surface area contributed by atoms with E-state index in [1.165, 1.54) is 0 Å². The lowest BCUT2D eigenvalue weighted by atomic mass is 10.2. The number of fused-ring (bicyclic) bond motifs is 1. The van der Waals surface area contributed by atoms with Crippen LogP contribution in [-0.2, 0) is 14.8 Å². The predicted molar refractivity (Wildman–Crippen MR) is 145 cm³/mol. The Balaban J connectivity index is 1.26. The summed E-state index contributed by atoms with van der Waals surface area (Å²) in [4.78, 5) is 6.91. The SMILES string of the molecule is O=S(=O)(NCCCN1CCOCC1)c1ccc2nccc(Nc3ccc(Oc4ccccc4)cc3)c2c1. The molecule has 0 bridgehead atoms. The van der Waals surface area contributed by atoms with E-state index in [-0.39, 0.29) is 4.90 Å². The van der Waals surface area contributed by atoms with E-state index in [4.69, 9.17) is 9.47 Å². The highest BCUT2D eigenvalue weighted by Gasteiger charge is 2.16. The summed E-state index contributed by atoms with van der Waals surface area (Å²) in [5, 5.41) is 4.10. The van der Waals surface area contributed by atoms with Crippen molar-refractivity contribution in [1.82, 2.24) is 14.6 Å². The Labute approximate surface area is 217 Å². The molecule has 1 fully saturated rings. The summed E-state index contributed by atoms with van der Waals surface area (Å²) in [6, 6.07) is 24.0. The molecule has 1 saturated heterocycles. The summed E-state index contributed by atoms with van der Waals surface area (Å²) in [5.74, 6) is 1.50. The fraction of sp³-hybridized carbons (Fsp3) is 0.250. The fourth-order valence-corrected chi connectivity index (χ4v) is 5.31. The van der Waals surface area contributed by atoms with E-state index in [1.54, 1.807) is 24.4 Å². The zero-order valence-corrected chi connectivity index (χ0v) is 21.3. The molecule has 0 unspecified atom stereocenters. The lowest BCUT2D eigenvalue weighted by Gasteiger charge is -2.26. The number of para-hydroxylation sites is 1. The third-order valence-corrected chi connectivity index (χ3v) is 7.64. The van der Waals surface area contributed by atoms with E-state index in [0.717, 1.165) is 67.5 Å². The maximum atomic E-state index is 13.0. The molecule has 2 heterocycles. The lowest BCUT2D eigenvalue weighted by molar-refractivity contribution is 0.0376. The number of anilines is 2. The number of sulfonamides is 1. The maximum Gasteiger partial charge on any atom is 0.240 e. The van der Waals surface area contributed by atoms with Crippen molar-refractivity contribution < 1.29 is 17.9 Å². The van der Waals surface area contributed by atoms with E-state index >= 15 is 0 Å². The topological polar surface area (TPSA) is 92.8 Å². The zero-order chi connectivity index (χ0) is 25.5. The van der Waals surface area contributed by atoms with Gasteiger partial charge in [-0.05, 0) is 73.6 Å². The molecule has 0 radical (unpaired) electrons. The van der Waals surface area contributed by atoms with Crippen LogP contribution >= 0.6 is 0 Å². The number of ether oxygens (including phenoxy) is 2. The van der Waals surface area contributed by atoms with E-state index in [1.807, 2.05) is 60.7 Å². The molecule has 192 valence electrons. The Hall–Kier alpha value is -3.50. The largest absolute Gasteiger partial charge is 0.457 e. The second-order valence-corrected chi connectivity index (χ2v) is 10.6. The fourth-order valence-electron chi connectivity index (χ4n) is 4.21. The summed E-state index contributed by atoms with van der Waals surface area (Å²) < 4.78 is 39.9. The minimum Gasteiger partial charge on any atom is -0.457 e. The van der Waals surface area contributed by atoms with Gasteiger partial charge in [-0.1, -0.05) is 18.2 Å². The number of hydrogen-bond donors (Lipinski definition) is 2.